The maximum absolute atomic E-state index is 12.4. The van der Waals surface area contributed by atoms with Gasteiger partial charge in [-0.3, -0.25) is 14.9 Å². The van der Waals surface area contributed by atoms with E-state index in [1.807, 2.05) is 18.2 Å². The maximum atomic E-state index is 12.4. The number of carbonyl (C=O) groups is 2. The van der Waals surface area contributed by atoms with E-state index in [-0.39, 0.29) is 30.7 Å². The molecule has 1 aliphatic heterocycles. The molecule has 1 fully saturated rings. The summed E-state index contributed by atoms with van der Waals surface area (Å²) in [5.41, 5.74) is 3.12. The van der Waals surface area contributed by atoms with Gasteiger partial charge in [-0.15, -0.1) is 0 Å². The minimum atomic E-state index is -0.533. The van der Waals surface area contributed by atoms with E-state index in [4.69, 9.17) is 4.74 Å². The summed E-state index contributed by atoms with van der Waals surface area (Å²) in [5, 5.41) is 13.4. The van der Waals surface area contributed by atoms with Crippen molar-refractivity contribution in [1.29, 1.82) is 0 Å². The van der Waals surface area contributed by atoms with Crippen molar-refractivity contribution in [3.63, 3.8) is 0 Å². The number of rotatable bonds is 7. The van der Waals surface area contributed by atoms with E-state index in [1.54, 1.807) is 43.3 Å². The molecule has 3 aromatic rings. The van der Waals surface area contributed by atoms with Crippen molar-refractivity contribution in [2.45, 2.75) is 25.9 Å². The first kappa shape index (κ1) is 23.2. The molecule has 0 radical (unpaired) electrons. The number of anilines is 1. The third-order valence-corrected chi connectivity index (χ3v) is 5.49. The Morgan fingerprint density at radius 1 is 1.15 bits per heavy atom. The summed E-state index contributed by atoms with van der Waals surface area (Å²) in [5.74, 6) is -0.102. The largest absolute Gasteiger partial charge is 0.450 e. The molecule has 0 aliphatic carbocycles. The van der Waals surface area contributed by atoms with Crippen molar-refractivity contribution in [3.8, 4) is 11.3 Å². The first-order valence-electron chi connectivity index (χ1n) is 11.2. The molecule has 1 saturated heterocycles. The summed E-state index contributed by atoms with van der Waals surface area (Å²) in [6.45, 7) is 3.95. The van der Waals surface area contributed by atoms with Crippen molar-refractivity contribution in [2.24, 2.45) is 0 Å². The number of carbonyl (C=O) groups excluding carboxylic acids is 2. The van der Waals surface area contributed by atoms with Crippen LogP contribution in [0.5, 0.6) is 0 Å². The second-order valence-electron chi connectivity index (χ2n) is 8.00. The van der Waals surface area contributed by atoms with Crippen LogP contribution in [0.2, 0.25) is 0 Å². The number of ether oxygens (including phenoxy) is 1. The van der Waals surface area contributed by atoms with Crippen LogP contribution in [0, 0.1) is 0 Å². The number of hydrogen-bond donors (Lipinski definition) is 3. The van der Waals surface area contributed by atoms with Crippen LogP contribution in [0.25, 0.3) is 11.3 Å². The molecule has 1 aromatic heterocycles. The minimum Gasteiger partial charge on any atom is -0.450 e. The summed E-state index contributed by atoms with van der Waals surface area (Å²) >= 11 is 0. The number of hydrogen-bond acceptors (Lipinski definition) is 6. The highest BCUT2D eigenvalue weighted by molar-refractivity contribution is 5.94. The molecule has 4 rings (SSSR count). The van der Waals surface area contributed by atoms with E-state index >= 15 is 0 Å². The van der Waals surface area contributed by atoms with E-state index in [1.165, 1.54) is 10.7 Å². The monoisotopic (exact) mass is 461 g/mol. The quantitative estimate of drug-likeness (QED) is 0.498. The van der Waals surface area contributed by atoms with E-state index < -0.39 is 6.09 Å². The first-order chi connectivity index (χ1) is 16.5. The van der Waals surface area contributed by atoms with Crippen molar-refractivity contribution in [2.75, 3.05) is 25.0 Å². The second-order valence-corrected chi connectivity index (χ2v) is 8.00. The lowest BCUT2D eigenvalue weighted by Gasteiger charge is -2.12. The van der Waals surface area contributed by atoms with Gasteiger partial charge in [0.2, 0.25) is 0 Å². The molecule has 2 aromatic carbocycles. The van der Waals surface area contributed by atoms with Gasteiger partial charge in [-0.25, -0.2) is 9.48 Å². The number of nitrogens with zero attached hydrogens (tertiary/aromatic N) is 2. The second kappa shape index (κ2) is 10.8. The predicted octanol–water partition coefficient (Wildman–Crippen LogP) is 2.62. The van der Waals surface area contributed by atoms with Crippen LogP contribution in [-0.2, 0) is 11.3 Å². The van der Waals surface area contributed by atoms with Crippen LogP contribution < -0.4 is 21.5 Å². The molecule has 1 unspecified atom stereocenters. The topological polar surface area (TPSA) is 114 Å². The van der Waals surface area contributed by atoms with Gasteiger partial charge in [-0.2, -0.15) is 5.10 Å². The van der Waals surface area contributed by atoms with Crippen molar-refractivity contribution >= 4 is 17.7 Å². The average Bonchev–Trinajstić information content (AvgIpc) is 3.34. The Kier molecular flexibility index (Phi) is 7.34. The Morgan fingerprint density at radius 3 is 2.71 bits per heavy atom. The molecular weight excluding hydrogens is 434 g/mol. The van der Waals surface area contributed by atoms with E-state index in [9.17, 15) is 14.4 Å². The summed E-state index contributed by atoms with van der Waals surface area (Å²) in [7, 11) is 0. The standard InChI is InChI=1S/C25H27N5O4/c1-2-34-25(33)28-20-5-3-4-17(14-20)16-30-23(31)11-10-22(29-30)18-6-8-19(9-7-18)24(32)27-21-12-13-26-15-21/h3-11,14,21,26H,2,12-13,15-16H2,1H3,(H,27,32)(H,28,33). The van der Waals surface area contributed by atoms with Gasteiger partial charge in [-0.1, -0.05) is 24.3 Å². The molecule has 0 spiro atoms. The molecule has 0 saturated carbocycles. The van der Waals surface area contributed by atoms with Gasteiger partial charge in [0, 0.05) is 35.5 Å². The van der Waals surface area contributed by atoms with Gasteiger partial charge in [0.1, 0.15) is 0 Å². The molecule has 9 heteroatoms. The van der Waals surface area contributed by atoms with Gasteiger partial charge in [0.15, 0.2) is 0 Å². The first-order valence-corrected chi connectivity index (χ1v) is 11.2. The van der Waals surface area contributed by atoms with Crippen LogP contribution in [-0.4, -0.2) is 47.5 Å². The SMILES string of the molecule is CCOC(=O)Nc1cccc(Cn2nc(-c3ccc(C(=O)NC4CCNC4)cc3)ccc2=O)c1. The lowest BCUT2D eigenvalue weighted by Crippen LogP contribution is -2.36. The zero-order chi connectivity index (χ0) is 23.9. The number of benzene rings is 2. The van der Waals surface area contributed by atoms with E-state index in [0.29, 0.717) is 16.9 Å². The highest BCUT2D eigenvalue weighted by Crippen LogP contribution is 2.17. The third-order valence-electron chi connectivity index (χ3n) is 5.49. The van der Waals surface area contributed by atoms with Crippen molar-refractivity contribution in [1.82, 2.24) is 20.4 Å². The van der Waals surface area contributed by atoms with Gasteiger partial charge in [0.25, 0.3) is 11.5 Å². The summed E-state index contributed by atoms with van der Waals surface area (Å²) in [4.78, 5) is 36.5. The minimum absolute atomic E-state index is 0.102. The molecular formula is C25H27N5O4. The van der Waals surface area contributed by atoms with E-state index in [0.717, 1.165) is 30.6 Å². The van der Waals surface area contributed by atoms with Crippen LogP contribution in [0.1, 0.15) is 29.3 Å². The Bertz CT molecular complexity index is 1220. The Hall–Kier alpha value is -3.98. The molecule has 9 nitrogen and oxygen atoms in total. The van der Waals surface area contributed by atoms with Gasteiger partial charge >= 0.3 is 6.09 Å². The summed E-state index contributed by atoms with van der Waals surface area (Å²) in [6, 6.07) is 17.6. The Labute approximate surface area is 197 Å². The maximum Gasteiger partial charge on any atom is 0.411 e. The van der Waals surface area contributed by atoms with Gasteiger partial charge in [-0.05, 0) is 55.8 Å². The molecule has 34 heavy (non-hydrogen) atoms. The highest BCUT2D eigenvalue weighted by atomic mass is 16.5. The lowest BCUT2D eigenvalue weighted by atomic mass is 10.1. The van der Waals surface area contributed by atoms with E-state index in [2.05, 4.69) is 21.0 Å². The lowest BCUT2D eigenvalue weighted by molar-refractivity contribution is 0.0940. The normalized spacial score (nSPS) is 15.0. The van der Waals surface area contributed by atoms with Crippen LogP contribution in [0.15, 0.2) is 65.5 Å². The Morgan fingerprint density at radius 2 is 1.97 bits per heavy atom. The van der Waals surface area contributed by atoms with Gasteiger partial charge < -0.3 is 15.4 Å². The number of amides is 2. The van der Waals surface area contributed by atoms with Crippen LogP contribution in [0.3, 0.4) is 0 Å². The smallest absolute Gasteiger partial charge is 0.411 e. The number of nitrogens with one attached hydrogen (secondary N) is 3. The highest BCUT2D eigenvalue weighted by Gasteiger charge is 2.17. The zero-order valence-corrected chi connectivity index (χ0v) is 18.9. The fraction of sp³-hybridized carbons (Fsp3) is 0.280. The Balaban J connectivity index is 1.47. The van der Waals surface area contributed by atoms with Gasteiger partial charge in [0.05, 0.1) is 18.8 Å². The molecule has 1 atom stereocenters. The summed E-state index contributed by atoms with van der Waals surface area (Å²) < 4.78 is 6.27. The molecule has 3 N–H and O–H groups in total. The number of aromatic nitrogens is 2. The molecule has 176 valence electrons. The van der Waals surface area contributed by atoms with Crippen molar-refractivity contribution in [3.05, 3.63) is 82.1 Å². The average molecular weight is 462 g/mol. The summed E-state index contributed by atoms with van der Waals surface area (Å²) in [6.07, 6.45) is 0.394. The fourth-order valence-corrected chi connectivity index (χ4v) is 3.76. The predicted molar refractivity (Wildman–Crippen MR) is 129 cm³/mol. The third kappa shape index (κ3) is 5.87. The molecule has 0 bridgehead atoms. The van der Waals surface area contributed by atoms with Crippen LogP contribution in [0.4, 0.5) is 10.5 Å². The fourth-order valence-electron chi connectivity index (χ4n) is 3.76. The van der Waals surface area contributed by atoms with Crippen molar-refractivity contribution < 1.29 is 14.3 Å². The zero-order valence-electron chi connectivity index (χ0n) is 18.9. The molecule has 2 heterocycles. The van der Waals surface area contributed by atoms with Crippen LogP contribution >= 0.6 is 0 Å². The molecule has 2 amide bonds. The molecule has 1 aliphatic rings.